The van der Waals surface area contributed by atoms with Gasteiger partial charge in [-0.15, -0.1) is 24.9 Å². The summed E-state index contributed by atoms with van der Waals surface area (Å²) in [5, 5.41) is 9.24. The molecule has 5 atom stereocenters. The van der Waals surface area contributed by atoms with E-state index >= 15 is 0 Å². The molecule has 1 aliphatic carbocycles. The first-order chi connectivity index (χ1) is 17.8. The molecule has 0 aromatic carbocycles. The lowest BCUT2D eigenvalue weighted by atomic mass is 9.66. The molecule has 2 unspecified atom stereocenters. The highest BCUT2D eigenvalue weighted by Crippen LogP contribution is 2.71. The van der Waals surface area contributed by atoms with Gasteiger partial charge < -0.3 is 19.6 Å². The van der Waals surface area contributed by atoms with Crippen LogP contribution in [0.15, 0.2) is 25.3 Å². The Morgan fingerprint density at radius 2 is 1.92 bits per heavy atom. The first-order valence-electron chi connectivity index (χ1n) is 14.1. The minimum absolute atomic E-state index is 0.0160. The van der Waals surface area contributed by atoms with Crippen molar-refractivity contribution >= 4 is 29.5 Å². The van der Waals surface area contributed by atoms with E-state index in [1.54, 1.807) is 28.8 Å². The number of aliphatic hydroxyl groups is 1. The van der Waals surface area contributed by atoms with Crippen molar-refractivity contribution in [3.63, 3.8) is 0 Å². The highest BCUT2D eigenvalue weighted by molar-refractivity contribution is 8.02. The minimum atomic E-state index is -0.615. The molecule has 4 rings (SSSR count). The van der Waals surface area contributed by atoms with Gasteiger partial charge in [0.2, 0.25) is 11.8 Å². The van der Waals surface area contributed by atoms with Crippen LogP contribution in [0.3, 0.4) is 0 Å². The molecule has 1 saturated carbocycles. The van der Waals surface area contributed by atoms with E-state index in [1.807, 2.05) is 4.90 Å². The highest BCUT2D eigenvalue weighted by atomic mass is 32.2. The Balaban J connectivity index is 1.68. The summed E-state index contributed by atoms with van der Waals surface area (Å²) in [6.45, 7) is 11.0. The number of thioether (sulfide) groups is 1. The molecule has 1 N–H and O–H groups in total. The zero-order chi connectivity index (χ0) is 26.6. The third-order valence-corrected chi connectivity index (χ3v) is 11.0. The lowest BCUT2D eigenvalue weighted by Gasteiger charge is -2.41. The lowest BCUT2D eigenvalue weighted by Crippen LogP contribution is -2.57. The van der Waals surface area contributed by atoms with Crippen LogP contribution in [0.25, 0.3) is 0 Å². The van der Waals surface area contributed by atoms with Crippen LogP contribution < -0.4 is 0 Å². The van der Waals surface area contributed by atoms with E-state index in [0.717, 1.165) is 51.4 Å². The number of carbonyl (C=O) groups excluding carboxylic acids is 3. The minimum Gasteiger partial charge on any atom is -0.465 e. The molecule has 1 spiro atoms. The van der Waals surface area contributed by atoms with Crippen LogP contribution in [-0.4, -0.2) is 80.6 Å². The second-order valence-electron chi connectivity index (χ2n) is 11.4. The smallest absolute Gasteiger partial charge is 0.311 e. The van der Waals surface area contributed by atoms with E-state index in [1.165, 1.54) is 6.42 Å². The molecule has 0 aromatic heterocycles. The van der Waals surface area contributed by atoms with Crippen molar-refractivity contribution in [2.75, 3.05) is 26.3 Å². The number of carbonyl (C=O) groups is 3. The monoisotopic (exact) mass is 532 g/mol. The van der Waals surface area contributed by atoms with Crippen molar-refractivity contribution in [2.45, 2.75) is 99.1 Å². The maximum atomic E-state index is 14.5. The van der Waals surface area contributed by atoms with Crippen molar-refractivity contribution in [1.29, 1.82) is 0 Å². The predicted octanol–water partition coefficient (Wildman–Crippen LogP) is 4.10. The summed E-state index contributed by atoms with van der Waals surface area (Å²) in [7, 11) is 0. The molecule has 3 saturated heterocycles. The third kappa shape index (κ3) is 5.12. The Hall–Kier alpha value is -1.80. The van der Waals surface area contributed by atoms with Gasteiger partial charge in [0, 0.05) is 30.5 Å². The zero-order valence-corrected chi connectivity index (χ0v) is 23.2. The predicted molar refractivity (Wildman–Crippen MR) is 146 cm³/mol. The molecule has 2 bridgehead atoms. The molecular formula is C29H44N2O5S. The molecule has 4 fully saturated rings. The molecule has 8 heteroatoms. The largest absolute Gasteiger partial charge is 0.465 e. The van der Waals surface area contributed by atoms with E-state index in [4.69, 9.17) is 4.74 Å². The maximum Gasteiger partial charge on any atom is 0.311 e. The van der Waals surface area contributed by atoms with Gasteiger partial charge >= 0.3 is 5.97 Å². The van der Waals surface area contributed by atoms with E-state index in [0.29, 0.717) is 25.9 Å². The Morgan fingerprint density at radius 1 is 1.16 bits per heavy atom. The van der Waals surface area contributed by atoms with Crippen molar-refractivity contribution in [1.82, 2.24) is 9.80 Å². The second kappa shape index (κ2) is 11.9. The van der Waals surface area contributed by atoms with Crippen LogP contribution in [0.4, 0.5) is 0 Å². The van der Waals surface area contributed by atoms with E-state index in [-0.39, 0.29) is 37.0 Å². The van der Waals surface area contributed by atoms with Crippen LogP contribution in [0.1, 0.15) is 77.6 Å². The topological polar surface area (TPSA) is 87.1 Å². The number of hydrogen-bond acceptors (Lipinski definition) is 6. The van der Waals surface area contributed by atoms with Crippen molar-refractivity contribution in [3.8, 4) is 0 Å². The third-order valence-electron chi connectivity index (χ3n) is 9.01. The van der Waals surface area contributed by atoms with Crippen LogP contribution in [0.5, 0.6) is 0 Å². The summed E-state index contributed by atoms with van der Waals surface area (Å²) in [6.07, 6.45) is 13.2. The Morgan fingerprint density at radius 3 is 2.59 bits per heavy atom. The van der Waals surface area contributed by atoms with Gasteiger partial charge in [0.15, 0.2) is 0 Å². The van der Waals surface area contributed by atoms with Gasteiger partial charge in [-0.3, -0.25) is 14.4 Å². The molecule has 3 heterocycles. The maximum absolute atomic E-state index is 14.5. The van der Waals surface area contributed by atoms with Crippen LogP contribution >= 0.6 is 11.8 Å². The Labute approximate surface area is 226 Å². The summed E-state index contributed by atoms with van der Waals surface area (Å²) >= 11 is 1.70. The van der Waals surface area contributed by atoms with E-state index in [9.17, 15) is 19.5 Å². The summed E-state index contributed by atoms with van der Waals surface area (Å²) in [6, 6.07) is -0.418. The molecule has 0 aromatic rings. The van der Waals surface area contributed by atoms with Gasteiger partial charge in [0.25, 0.3) is 0 Å². The SMILES string of the molecule is C=CCCOC(=O)[C@@H]1[C@H]2C(=O)N(CCCCCO)C(C(=O)N(CC=C)C3CCCCC3)C23CC[C@@]1(C)S3. The fourth-order valence-electron chi connectivity index (χ4n) is 7.31. The lowest BCUT2D eigenvalue weighted by molar-refractivity contribution is -0.155. The van der Waals surface area contributed by atoms with Gasteiger partial charge in [-0.1, -0.05) is 31.4 Å². The first kappa shape index (κ1) is 28.2. The number of ether oxygens (including phenoxy) is 1. The second-order valence-corrected chi connectivity index (χ2v) is 13.3. The zero-order valence-electron chi connectivity index (χ0n) is 22.4. The average molecular weight is 533 g/mol. The normalized spacial score (nSPS) is 32.9. The highest BCUT2D eigenvalue weighted by Gasteiger charge is 2.77. The van der Waals surface area contributed by atoms with E-state index in [2.05, 4.69) is 20.1 Å². The van der Waals surface area contributed by atoms with Crippen molar-refractivity contribution in [2.24, 2.45) is 11.8 Å². The molecule has 0 radical (unpaired) electrons. The number of amides is 2. The fourth-order valence-corrected chi connectivity index (χ4v) is 9.65. The molecule has 206 valence electrons. The van der Waals surface area contributed by atoms with Crippen LogP contribution in [0, 0.1) is 11.8 Å². The quantitative estimate of drug-likeness (QED) is 0.218. The number of nitrogens with zero attached hydrogens (tertiary/aromatic N) is 2. The number of likely N-dealkylation sites (tertiary alicyclic amines) is 1. The van der Waals surface area contributed by atoms with Gasteiger partial charge in [0.05, 0.1) is 23.2 Å². The van der Waals surface area contributed by atoms with Gasteiger partial charge in [-0.05, 0) is 58.3 Å². The number of esters is 1. The fraction of sp³-hybridized carbons (Fsp3) is 0.759. The molecule has 3 aliphatic heterocycles. The van der Waals surface area contributed by atoms with Crippen LogP contribution in [-0.2, 0) is 19.1 Å². The Kier molecular flexibility index (Phi) is 9.10. The summed E-state index contributed by atoms with van der Waals surface area (Å²) in [4.78, 5) is 45.8. The number of hydrogen-bond donors (Lipinski definition) is 1. The van der Waals surface area contributed by atoms with Gasteiger partial charge in [-0.25, -0.2) is 0 Å². The number of fused-ring (bicyclic) bond motifs is 1. The van der Waals surface area contributed by atoms with Gasteiger partial charge in [0.1, 0.15) is 6.04 Å². The van der Waals surface area contributed by atoms with Gasteiger partial charge in [-0.2, -0.15) is 0 Å². The standard InChI is InChI=1S/C29H44N2O5S/c1-4-6-20-36-27(35)23-22-25(33)31(18-11-8-12-19-32)24(29(22)16-15-28(23,3)37-29)26(34)30(17-5-2)21-13-9-7-10-14-21/h4-5,21-24,32H,1-2,6-20H2,3H3/t22-,23-,24?,28+,29?/m0/s1. The number of rotatable bonds is 13. The first-order valence-corrected chi connectivity index (χ1v) is 15.0. The molecule has 37 heavy (non-hydrogen) atoms. The summed E-state index contributed by atoms with van der Waals surface area (Å²) < 4.78 is 4.60. The molecular weight excluding hydrogens is 488 g/mol. The van der Waals surface area contributed by atoms with Crippen molar-refractivity contribution in [3.05, 3.63) is 25.3 Å². The average Bonchev–Trinajstić information content (AvgIpc) is 3.46. The van der Waals surface area contributed by atoms with Crippen LogP contribution in [0.2, 0.25) is 0 Å². The summed E-state index contributed by atoms with van der Waals surface area (Å²) in [5.74, 6) is -1.48. The molecule has 4 aliphatic rings. The number of unbranched alkanes of at least 4 members (excludes halogenated alkanes) is 2. The molecule has 7 nitrogen and oxygen atoms in total. The van der Waals surface area contributed by atoms with E-state index < -0.39 is 27.4 Å². The Bertz CT molecular complexity index is 890. The molecule has 2 amide bonds. The van der Waals surface area contributed by atoms with Crippen molar-refractivity contribution < 1.29 is 24.2 Å². The summed E-state index contributed by atoms with van der Waals surface area (Å²) in [5.41, 5.74) is 0. The number of aliphatic hydroxyl groups excluding tert-OH is 1.